The molecule has 0 saturated carbocycles. The summed E-state index contributed by atoms with van der Waals surface area (Å²) in [6, 6.07) is 5.86. The Hall–Kier alpha value is -1.30. The van der Waals surface area contributed by atoms with Crippen LogP contribution in [0, 0.1) is 5.92 Å². The molecule has 20 heavy (non-hydrogen) atoms. The molecular formula is C15H23NO4. The zero-order chi connectivity index (χ0) is 14.5. The molecule has 0 amide bonds. The molecule has 1 aliphatic heterocycles. The Bertz CT molecular complexity index is 438. The maximum absolute atomic E-state index is 9.95. The summed E-state index contributed by atoms with van der Waals surface area (Å²) < 4.78 is 10.5. The second-order valence-electron chi connectivity index (χ2n) is 5.22. The second-order valence-corrected chi connectivity index (χ2v) is 5.22. The topological polar surface area (TPSA) is 62.2 Å². The van der Waals surface area contributed by atoms with Gasteiger partial charge in [0.25, 0.3) is 0 Å². The average Bonchev–Trinajstić information content (AvgIpc) is 2.47. The van der Waals surface area contributed by atoms with Crippen molar-refractivity contribution in [2.45, 2.75) is 19.1 Å². The number of aliphatic hydroxyl groups excluding tert-OH is 2. The maximum Gasteiger partial charge on any atom is 0.161 e. The lowest BCUT2D eigenvalue weighted by Crippen LogP contribution is -2.44. The summed E-state index contributed by atoms with van der Waals surface area (Å²) in [5.74, 6) is 1.45. The quantitative estimate of drug-likeness (QED) is 0.839. The SMILES string of the molecule is COc1ccc(CN2CC[C@H](CO)[C@@H](O)C2)cc1OC. The van der Waals surface area contributed by atoms with Crippen LogP contribution >= 0.6 is 0 Å². The molecule has 5 heteroatoms. The van der Waals surface area contributed by atoms with E-state index in [4.69, 9.17) is 14.6 Å². The number of rotatable bonds is 5. The fraction of sp³-hybridized carbons (Fsp3) is 0.600. The van der Waals surface area contributed by atoms with E-state index in [1.165, 1.54) is 0 Å². The predicted octanol–water partition coefficient (Wildman–Crippen LogP) is 0.879. The average molecular weight is 281 g/mol. The minimum atomic E-state index is -0.450. The molecule has 1 aromatic rings. The third-order valence-electron chi connectivity index (χ3n) is 3.89. The van der Waals surface area contributed by atoms with Crippen molar-refractivity contribution in [1.82, 2.24) is 4.90 Å². The van der Waals surface area contributed by atoms with Crippen LogP contribution in [0.25, 0.3) is 0 Å². The molecule has 1 saturated heterocycles. The fourth-order valence-electron chi connectivity index (χ4n) is 2.64. The van der Waals surface area contributed by atoms with Crippen LogP contribution < -0.4 is 9.47 Å². The molecule has 1 fully saturated rings. The molecule has 2 N–H and O–H groups in total. The van der Waals surface area contributed by atoms with Gasteiger partial charge in [-0.2, -0.15) is 0 Å². The highest BCUT2D eigenvalue weighted by molar-refractivity contribution is 5.42. The van der Waals surface area contributed by atoms with Crippen LogP contribution in [-0.4, -0.2) is 55.1 Å². The van der Waals surface area contributed by atoms with E-state index in [1.54, 1.807) is 14.2 Å². The van der Waals surface area contributed by atoms with E-state index in [-0.39, 0.29) is 12.5 Å². The third kappa shape index (κ3) is 3.42. The maximum atomic E-state index is 9.95. The number of hydrogen-bond donors (Lipinski definition) is 2. The van der Waals surface area contributed by atoms with Crippen LogP contribution in [0.5, 0.6) is 11.5 Å². The zero-order valence-corrected chi connectivity index (χ0v) is 12.1. The fourth-order valence-corrected chi connectivity index (χ4v) is 2.64. The number of β-amino-alcohol motifs (C(OH)–C–C–N with tert-alkyl or cyclic N) is 1. The van der Waals surface area contributed by atoms with Crippen LogP contribution in [0.3, 0.4) is 0 Å². The molecule has 2 rings (SSSR count). The summed E-state index contributed by atoms with van der Waals surface area (Å²) in [5.41, 5.74) is 1.12. The van der Waals surface area contributed by atoms with Gasteiger partial charge in [0.15, 0.2) is 11.5 Å². The molecule has 5 nitrogen and oxygen atoms in total. The summed E-state index contributed by atoms with van der Waals surface area (Å²) in [5, 5.41) is 19.1. The van der Waals surface area contributed by atoms with Crippen LogP contribution in [0.4, 0.5) is 0 Å². The smallest absolute Gasteiger partial charge is 0.161 e. The van der Waals surface area contributed by atoms with E-state index in [0.29, 0.717) is 6.54 Å². The van der Waals surface area contributed by atoms with Gasteiger partial charge in [-0.3, -0.25) is 4.90 Å². The first-order valence-corrected chi connectivity index (χ1v) is 6.90. The van der Waals surface area contributed by atoms with Gasteiger partial charge in [0.1, 0.15) is 0 Å². The van der Waals surface area contributed by atoms with Crippen LogP contribution in [0.2, 0.25) is 0 Å². The number of benzene rings is 1. The highest BCUT2D eigenvalue weighted by Crippen LogP contribution is 2.28. The Morgan fingerprint density at radius 1 is 1.25 bits per heavy atom. The molecule has 1 aliphatic rings. The molecule has 0 spiro atoms. The van der Waals surface area contributed by atoms with Crippen molar-refractivity contribution in [3.63, 3.8) is 0 Å². The van der Waals surface area contributed by atoms with E-state index in [9.17, 15) is 5.11 Å². The molecule has 0 unspecified atom stereocenters. The first kappa shape index (κ1) is 15.1. The lowest BCUT2D eigenvalue weighted by molar-refractivity contribution is -0.00445. The van der Waals surface area contributed by atoms with E-state index < -0.39 is 6.10 Å². The molecule has 1 heterocycles. The Labute approximate surface area is 119 Å². The largest absolute Gasteiger partial charge is 0.493 e. The summed E-state index contributed by atoms with van der Waals surface area (Å²) in [6.45, 7) is 2.30. The third-order valence-corrected chi connectivity index (χ3v) is 3.89. The number of ether oxygens (including phenoxy) is 2. The van der Waals surface area contributed by atoms with Gasteiger partial charge in [-0.05, 0) is 30.7 Å². The summed E-state index contributed by atoms with van der Waals surface area (Å²) in [6.07, 6.45) is 0.374. The molecule has 1 aromatic carbocycles. The zero-order valence-electron chi connectivity index (χ0n) is 12.1. The molecule has 0 radical (unpaired) electrons. The highest BCUT2D eigenvalue weighted by atomic mass is 16.5. The van der Waals surface area contributed by atoms with Crippen molar-refractivity contribution in [3.8, 4) is 11.5 Å². The molecule has 0 aliphatic carbocycles. The van der Waals surface area contributed by atoms with Crippen LogP contribution in [-0.2, 0) is 6.54 Å². The number of hydrogen-bond acceptors (Lipinski definition) is 5. The van der Waals surface area contributed by atoms with E-state index in [2.05, 4.69) is 4.90 Å². The Morgan fingerprint density at radius 3 is 2.60 bits per heavy atom. The number of nitrogens with zero attached hydrogens (tertiary/aromatic N) is 1. The lowest BCUT2D eigenvalue weighted by Gasteiger charge is -2.35. The number of piperidine rings is 1. The van der Waals surface area contributed by atoms with Crippen LogP contribution in [0.15, 0.2) is 18.2 Å². The van der Waals surface area contributed by atoms with Gasteiger partial charge < -0.3 is 19.7 Å². The highest BCUT2D eigenvalue weighted by Gasteiger charge is 2.27. The predicted molar refractivity (Wildman–Crippen MR) is 76.0 cm³/mol. The standard InChI is InChI=1S/C15H23NO4/c1-19-14-4-3-11(7-15(14)20-2)8-16-6-5-12(10-17)13(18)9-16/h3-4,7,12-13,17-18H,5-6,8-10H2,1-2H3/t12-,13+/m1/s1. The van der Waals surface area contributed by atoms with Crippen molar-refractivity contribution in [3.05, 3.63) is 23.8 Å². The molecule has 0 bridgehead atoms. The second kappa shape index (κ2) is 6.92. The van der Waals surface area contributed by atoms with Gasteiger partial charge in [0.05, 0.1) is 20.3 Å². The number of methoxy groups -OCH3 is 2. The molecule has 0 aromatic heterocycles. The van der Waals surface area contributed by atoms with Crippen molar-refractivity contribution >= 4 is 0 Å². The Morgan fingerprint density at radius 2 is 2.00 bits per heavy atom. The van der Waals surface area contributed by atoms with E-state index >= 15 is 0 Å². The minimum Gasteiger partial charge on any atom is -0.493 e. The first-order valence-electron chi connectivity index (χ1n) is 6.90. The number of likely N-dealkylation sites (tertiary alicyclic amines) is 1. The van der Waals surface area contributed by atoms with E-state index in [0.717, 1.165) is 36.6 Å². The Kier molecular flexibility index (Phi) is 5.23. The van der Waals surface area contributed by atoms with Crippen molar-refractivity contribution < 1.29 is 19.7 Å². The molecule has 2 atom stereocenters. The van der Waals surface area contributed by atoms with Gasteiger partial charge in [-0.25, -0.2) is 0 Å². The minimum absolute atomic E-state index is 0.0108. The van der Waals surface area contributed by atoms with Gasteiger partial charge in [0, 0.05) is 25.6 Å². The van der Waals surface area contributed by atoms with E-state index in [1.807, 2.05) is 18.2 Å². The monoisotopic (exact) mass is 281 g/mol. The molecular weight excluding hydrogens is 258 g/mol. The molecule has 112 valence electrons. The van der Waals surface area contributed by atoms with Crippen molar-refractivity contribution in [2.75, 3.05) is 33.9 Å². The number of aliphatic hydroxyl groups is 2. The van der Waals surface area contributed by atoms with Crippen LogP contribution in [0.1, 0.15) is 12.0 Å². The summed E-state index contributed by atoms with van der Waals surface area (Å²) in [4.78, 5) is 2.19. The normalized spacial score (nSPS) is 23.6. The summed E-state index contributed by atoms with van der Waals surface area (Å²) in [7, 11) is 3.24. The lowest BCUT2D eigenvalue weighted by atomic mass is 9.94. The van der Waals surface area contributed by atoms with Gasteiger partial charge >= 0.3 is 0 Å². The summed E-state index contributed by atoms with van der Waals surface area (Å²) >= 11 is 0. The van der Waals surface area contributed by atoms with Crippen molar-refractivity contribution in [2.24, 2.45) is 5.92 Å². The Balaban J connectivity index is 2.00. The van der Waals surface area contributed by atoms with Gasteiger partial charge in [-0.15, -0.1) is 0 Å². The van der Waals surface area contributed by atoms with Crippen molar-refractivity contribution in [1.29, 1.82) is 0 Å². The first-order chi connectivity index (χ1) is 9.67. The van der Waals surface area contributed by atoms with Gasteiger partial charge in [0.2, 0.25) is 0 Å². The van der Waals surface area contributed by atoms with Gasteiger partial charge in [-0.1, -0.05) is 6.07 Å².